The molecular formula is C15H15N5. The molecule has 2 heterocycles. The van der Waals surface area contributed by atoms with Crippen molar-refractivity contribution in [2.45, 2.75) is 13.0 Å². The highest BCUT2D eigenvalue weighted by Crippen LogP contribution is 2.21. The number of para-hydroxylation sites is 1. The third-order valence-electron chi connectivity index (χ3n) is 3.15. The van der Waals surface area contributed by atoms with E-state index in [4.69, 9.17) is 5.73 Å². The second kappa shape index (κ2) is 5.22. The van der Waals surface area contributed by atoms with Crippen LogP contribution in [0.25, 0.3) is 5.69 Å². The summed E-state index contributed by atoms with van der Waals surface area (Å²) in [5.74, 6) is 0. The second-order valence-electron chi connectivity index (χ2n) is 4.68. The molecule has 5 heteroatoms. The Morgan fingerprint density at radius 2 is 1.90 bits per heavy atom. The summed E-state index contributed by atoms with van der Waals surface area (Å²) >= 11 is 0. The molecule has 0 aliphatic carbocycles. The van der Waals surface area contributed by atoms with Crippen LogP contribution in [0.15, 0.2) is 55.0 Å². The average molecular weight is 265 g/mol. The molecule has 2 aromatic heterocycles. The number of hydrogen-bond acceptors (Lipinski definition) is 4. The maximum absolute atomic E-state index is 6.33. The molecule has 0 saturated heterocycles. The molecule has 2 N–H and O–H groups in total. The first-order chi connectivity index (χ1) is 9.75. The summed E-state index contributed by atoms with van der Waals surface area (Å²) < 4.78 is 1.76. The Bertz CT molecular complexity index is 705. The van der Waals surface area contributed by atoms with E-state index < -0.39 is 0 Å². The molecule has 0 fully saturated rings. The molecule has 1 aromatic carbocycles. The van der Waals surface area contributed by atoms with Crippen LogP contribution in [0.3, 0.4) is 0 Å². The van der Waals surface area contributed by atoms with Gasteiger partial charge in [-0.2, -0.15) is 0 Å². The van der Waals surface area contributed by atoms with Gasteiger partial charge >= 0.3 is 0 Å². The predicted octanol–water partition coefficient (Wildman–Crippen LogP) is 2.02. The van der Waals surface area contributed by atoms with Crippen LogP contribution in [0.5, 0.6) is 0 Å². The molecule has 0 aliphatic heterocycles. The van der Waals surface area contributed by atoms with E-state index in [1.54, 1.807) is 17.1 Å². The van der Waals surface area contributed by atoms with E-state index in [2.05, 4.69) is 15.3 Å². The Kier molecular flexibility index (Phi) is 3.26. The molecule has 100 valence electrons. The summed E-state index contributed by atoms with van der Waals surface area (Å²) in [5.41, 5.74) is 10.1. The minimum absolute atomic E-state index is 0.308. The SMILES string of the molecule is Cc1cncc(C(N)c2cnnn2-c2ccccc2)c1. The minimum Gasteiger partial charge on any atom is -0.319 e. The van der Waals surface area contributed by atoms with E-state index >= 15 is 0 Å². The molecule has 0 radical (unpaired) electrons. The van der Waals surface area contributed by atoms with Crippen molar-refractivity contribution in [3.8, 4) is 5.69 Å². The van der Waals surface area contributed by atoms with Gasteiger partial charge in [0.15, 0.2) is 0 Å². The number of benzene rings is 1. The molecule has 3 aromatic rings. The summed E-state index contributed by atoms with van der Waals surface area (Å²) in [6.07, 6.45) is 5.28. The highest BCUT2D eigenvalue weighted by molar-refractivity contribution is 5.35. The van der Waals surface area contributed by atoms with E-state index in [0.29, 0.717) is 0 Å². The Labute approximate surface area is 117 Å². The molecule has 0 amide bonds. The molecule has 0 saturated carbocycles. The smallest absolute Gasteiger partial charge is 0.0859 e. The van der Waals surface area contributed by atoms with E-state index in [0.717, 1.165) is 22.5 Å². The van der Waals surface area contributed by atoms with Crippen LogP contribution >= 0.6 is 0 Å². The Morgan fingerprint density at radius 3 is 2.65 bits per heavy atom. The average Bonchev–Trinajstić information content (AvgIpc) is 2.97. The number of hydrogen-bond donors (Lipinski definition) is 1. The molecule has 3 rings (SSSR count). The lowest BCUT2D eigenvalue weighted by Crippen LogP contribution is -2.17. The van der Waals surface area contributed by atoms with Gasteiger partial charge in [-0.25, -0.2) is 4.68 Å². The second-order valence-corrected chi connectivity index (χ2v) is 4.68. The van der Waals surface area contributed by atoms with Crippen molar-refractivity contribution in [3.63, 3.8) is 0 Å². The van der Waals surface area contributed by atoms with E-state index in [1.807, 2.05) is 49.5 Å². The zero-order valence-corrected chi connectivity index (χ0v) is 11.1. The number of nitrogens with two attached hydrogens (primary N) is 1. The van der Waals surface area contributed by atoms with Crippen molar-refractivity contribution in [1.82, 2.24) is 20.0 Å². The van der Waals surface area contributed by atoms with Crippen LogP contribution in [0.1, 0.15) is 22.9 Å². The van der Waals surface area contributed by atoms with Crippen LogP contribution in [-0.2, 0) is 0 Å². The normalized spacial score (nSPS) is 12.3. The number of aryl methyl sites for hydroxylation is 1. The third kappa shape index (κ3) is 2.31. The van der Waals surface area contributed by atoms with Crippen molar-refractivity contribution >= 4 is 0 Å². The summed E-state index contributed by atoms with van der Waals surface area (Å²) in [7, 11) is 0. The molecule has 20 heavy (non-hydrogen) atoms. The van der Waals surface area contributed by atoms with Gasteiger partial charge in [0.1, 0.15) is 0 Å². The van der Waals surface area contributed by atoms with Gasteiger partial charge in [-0.05, 0) is 30.2 Å². The zero-order valence-electron chi connectivity index (χ0n) is 11.1. The molecule has 5 nitrogen and oxygen atoms in total. The quantitative estimate of drug-likeness (QED) is 0.786. The number of aromatic nitrogens is 4. The number of nitrogens with zero attached hydrogens (tertiary/aromatic N) is 4. The van der Waals surface area contributed by atoms with Crippen molar-refractivity contribution < 1.29 is 0 Å². The lowest BCUT2D eigenvalue weighted by molar-refractivity contribution is 0.717. The van der Waals surface area contributed by atoms with Crippen molar-refractivity contribution in [3.05, 3.63) is 71.8 Å². The zero-order chi connectivity index (χ0) is 13.9. The highest BCUT2D eigenvalue weighted by Gasteiger charge is 2.16. The van der Waals surface area contributed by atoms with Crippen molar-refractivity contribution in [2.24, 2.45) is 5.73 Å². The Morgan fingerprint density at radius 1 is 1.10 bits per heavy atom. The molecule has 0 spiro atoms. The monoisotopic (exact) mass is 265 g/mol. The van der Waals surface area contributed by atoms with E-state index in [1.165, 1.54) is 0 Å². The third-order valence-corrected chi connectivity index (χ3v) is 3.15. The first-order valence-corrected chi connectivity index (χ1v) is 6.39. The molecule has 0 aliphatic rings. The summed E-state index contributed by atoms with van der Waals surface area (Å²) in [6, 6.07) is 11.5. The van der Waals surface area contributed by atoms with Gasteiger partial charge in [-0.15, -0.1) is 5.10 Å². The standard InChI is InChI=1S/C15H15N5/c1-11-7-12(9-17-8-11)15(16)14-10-18-19-20(14)13-5-3-2-4-6-13/h2-10,15H,16H2,1H3. The fourth-order valence-corrected chi connectivity index (χ4v) is 2.14. The Hall–Kier alpha value is -2.53. The van der Waals surface area contributed by atoms with Crippen LogP contribution in [0.2, 0.25) is 0 Å². The van der Waals surface area contributed by atoms with Gasteiger partial charge in [0.05, 0.1) is 23.6 Å². The van der Waals surface area contributed by atoms with Crippen molar-refractivity contribution in [2.75, 3.05) is 0 Å². The lowest BCUT2D eigenvalue weighted by atomic mass is 10.1. The van der Waals surface area contributed by atoms with Gasteiger partial charge in [-0.1, -0.05) is 29.5 Å². The molecule has 1 atom stereocenters. The van der Waals surface area contributed by atoms with Crippen molar-refractivity contribution in [1.29, 1.82) is 0 Å². The summed E-state index contributed by atoms with van der Waals surface area (Å²) in [5, 5.41) is 8.10. The van der Waals surface area contributed by atoms with Gasteiger partial charge in [-0.3, -0.25) is 4.98 Å². The van der Waals surface area contributed by atoms with Crippen LogP contribution in [-0.4, -0.2) is 20.0 Å². The first-order valence-electron chi connectivity index (χ1n) is 6.39. The summed E-state index contributed by atoms with van der Waals surface area (Å²) in [4.78, 5) is 4.19. The molecule has 0 bridgehead atoms. The van der Waals surface area contributed by atoms with Crippen LogP contribution in [0, 0.1) is 6.92 Å². The maximum Gasteiger partial charge on any atom is 0.0859 e. The van der Waals surface area contributed by atoms with Crippen LogP contribution < -0.4 is 5.73 Å². The van der Waals surface area contributed by atoms with Gasteiger partial charge in [0, 0.05) is 12.4 Å². The number of pyridine rings is 1. The van der Waals surface area contributed by atoms with E-state index in [-0.39, 0.29) is 6.04 Å². The lowest BCUT2D eigenvalue weighted by Gasteiger charge is -2.13. The summed E-state index contributed by atoms with van der Waals surface area (Å²) in [6.45, 7) is 2.00. The predicted molar refractivity (Wildman–Crippen MR) is 76.4 cm³/mol. The fourth-order valence-electron chi connectivity index (χ4n) is 2.14. The topological polar surface area (TPSA) is 69.6 Å². The van der Waals surface area contributed by atoms with E-state index in [9.17, 15) is 0 Å². The molecular weight excluding hydrogens is 250 g/mol. The fraction of sp³-hybridized carbons (Fsp3) is 0.133. The number of rotatable bonds is 3. The largest absolute Gasteiger partial charge is 0.319 e. The first kappa shape index (κ1) is 12.5. The van der Waals surface area contributed by atoms with Gasteiger partial charge in [0.2, 0.25) is 0 Å². The van der Waals surface area contributed by atoms with Gasteiger partial charge < -0.3 is 5.73 Å². The Balaban J connectivity index is 2.02. The minimum atomic E-state index is -0.308. The van der Waals surface area contributed by atoms with Gasteiger partial charge in [0.25, 0.3) is 0 Å². The highest BCUT2D eigenvalue weighted by atomic mass is 15.4. The molecule has 1 unspecified atom stereocenters. The maximum atomic E-state index is 6.33. The van der Waals surface area contributed by atoms with Crippen LogP contribution in [0.4, 0.5) is 0 Å².